The van der Waals surface area contributed by atoms with Crippen LogP contribution in [0.5, 0.6) is 0 Å². The summed E-state index contributed by atoms with van der Waals surface area (Å²) >= 11 is 5.98. The molecule has 2 rings (SSSR count). The van der Waals surface area contributed by atoms with Crippen LogP contribution in [0.3, 0.4) is 0 Å². The van der Waals surface area contributed by atoms with E-state index in [4.69, 9.17) is 17.3 Å². The minimum atomic E-state index is -0.392. The maximum absolute atomic E-state index is 11.5. The van der Waals surface area contributed by atoms with Crippen molar-refractivity contribution in [2.75, 3.05) is 13.1 Å². The van der Waals surface area contributed by atoms with Crippen molar-refractivity contribution < 1.29 is 4.79 Å². The number of carbonyl (C=O) groups excluding carboxylic acids is 1. The second-order valence-corrected chi connectivity index (χ2v) is 5.81. The van der Waals surface area contributed by atoms with Crippen molar-refractivity contribution in [2.24, 2.45) is 11.1 Å². The van der Waals surface area contributed by atoms with Crippen LogP contribution in [0.2, 0.25) is 5.02 Å². The lowest BCUT2D eigenvalue weighted by atomic mass is 9.81. The van der Waals surface area contributed by atoms with Crippen molar-refractivity contribution in [1.29, 1.82) is 0 Å². The molecule has 1 atom stereocenters. The number of hydrogen-bond acceptors (Lipinski definition) is 2. The van der Waals surface area contributed by atoms with Gasteiger partial charge in [-0.25, -0.2) is 0 Å². The number of benzene rings is 1. The molecule has 0 saturated carbocycles. The summed E-state index contributed by atoms with van der Waals surface area (Å²) in [6.45, 7) is 4.52. The lowest BCUT2D eigenvalue weighted by molar-refractivity contribution is -0.129. The van der Waals surface area contributed by atoms with Crippen molar-refractivity contribution in [1.82, 2.24) is 4.90 Å². The fraction of sp³-hybridized carbons (Fsp3) is 0.500. The Kier molecular flexibility index (Phi) is 3.93. The largest absolute Gasteiger partial charge is 0.369 e. The van der Waals surface area contributed by atoms with E-state index in [1.807, 2.05) is 25.1 Å². The van der Waals surface area contributed by atoms with Crippen LogP contribution in [0.4, 0.5) is 0 Å². The number of halogens is 1. The van der Waals surface area contributed by atoms with Gasteiger partial charge in [-0.3, -0.25) is 9.69 Å². The first-order valence-electron chi connectivity index (χ1n) is 6.26. The summed E-state index contributed by atoms with van der Waals surface area (Å²) in [7, 11) is 0. The zero-order chi connectivity index (χ0) is 13.2. The average Bonchev–Trinajstić information content (AvgIpc) is 2.29. The number of hydrogen-bond donors (Lipinski definition) is 1. The highest BCUT2D eigenvalue weighted by molar-refractivity contribution is 6.30. The number of amides is 1. The quantitative estimate of drug-likeness (QED) is 0.913. The molecule has 3 nitrogen and oxygen atoms in total. The molecule has 1 amide bonds. The van der Waals surface area contributed by atoms with Crippen LogP contribution in [-0.2, 0) is 11.3 Å². The summed E-state index contributed by atoms with van der Waals surface area (Å²) in [5, 5.41) is 0.752. The highest BCUT2D eigenvalue weighted by atomic mass is 35.5. The van der Waals surface area contributed by atoms with Gasteiger partial charge in [0.1, 0.15) is 0 Å². The van der Waals surface area contributed by atoms with Crippen molar-refractivity contribution in [3.8, 4) is 0 Å². The molecule has 1 saturated heterocycles. The summed E-state index contributed by atoms with van der Waals surface area (Å²) in [5.74, 6) is -0.196. The number of likely N-dealkylation sites (tertiary alicyclic amines) is 1. The average molecular weight is 267 g/mol. The molecule has 0 spiro atoms. The van der Waals surface area contributed by atoms with Gasteiger partial charge in [-0.15, -0.1) is 0 Å². The van der Waals surface area contributed by atoms with Crippen LogP contribution in [0.1, 0.15) is 25.3 Å². The summed E-state index contributed by atoms with van der Waals surface area (Å²) in [5.41, 5.74) is 6.28. The van der Waals surface area contributed by atoms with Crippen LogP contribution in [0, 0.1) is 5.41 Å². The van der Waals surface area contributed by atoms with Crippen molar-refractivity contribution in [3.63, 3.8) is 0 Å². The molecule has 1 unspecified atom stereocenters. The van der Waals surface area contributed by atoms with E-state index in [1.165, 1.54) is 5.56 Å². The first kappa shape index (κ1) is 13.4. The number of rotatable bonds is 3. The number of primary amides is 1. The Hall–Kier alpha value is -1.06. The van der Waals surface area contributed by atoms with Gasteiger partial charge in [0, 0.05) is 18.1 Å². The fourth-order valence-corrected chi connectivity index (χ4v) is 2.79. The SMILES string of the molecule is CC1(C(N)=O)CCCN(Cc2cccc(Cl)c2)C1. The van der Waals surface area contributed by atoms with Gasteiger partial charge < -0.3 is 5.73 Å². The standard InChI is InChI=1S/C14H19ClN2O/c1-14(13(16)18)6-3-7-17(10-14)9-11-4-2-5-12(15)8-11/h2,4-5,8H,3,6-7,9-10H2,1H3,(H2,16,18). The third kappa shape index (κ3) is 3.03. The molecular formula is C14H19ClN2O. The topological polar surface area (TPSA) is 46.3 Å². The Balaban J connectivity index is 2.04. The fourth-order valence-electron chi connectivity index (χ4n) is 2.57. The van der Waals surface area contributed by atoms with Crippen LogP contribution < -0.4 is 5.73 Å². The molecule has 1 aromatic carbocycles. The van der Waals surface area contributed by atoms with E-state index >= 15 is 0 Å². The molecule has 0 aromatic heterocycles. The van der Waals surface area contributed by atoms with Gasteiger partial charge in [0.25, 0.3) is 0 Å². The summed E-state index contributed by atoms with van der Waals surface area (Å²) in [4.78, 5) is 13.8. The van der Waals surface area contributed by atoms with Crippen molar-refractivity contribution in [3.05, 3.63) is 34.9 Å². The molecule has 1 aliphatic rings. The Labute approximate surface area is 113 Å². The molecular weight excluding hydrogens is 248 g/mol. The molecule has 1 fully saturated rings. The normalized spacial score (nSPS) is 25.0. The molecule has 4 heteroatoms. The molecule has 2 N–H and O–H groups in total. The van der Waals surface area contributed by atoms with Crippen LogP contribution >= 0.6 is 11.6 Å². The van der Waals surface area contributed by atoms with E-state index in [0.717, 1.165) is 37.5 Å². The third-order valence-electron chi connectivity index (χ3n) is 3.67. The smallest absolute Gasteiger partial charge is 0.224 e. The van der Waals surface area contributed by atoms with E-state index in [1.54, 1.807) is 0 Å². The molecule has 1 aromatic rings. The third-order valence-corrected chi connectivity index (χ3v) is 3.90. The summed E-state index contributed by atoms with van der Waals surface area (Å²) < 4.78 is 0. The monoisotopic (exact) mass is 266 g/mol. The predicted molar refractivity (Wildman–Crippen MR) is 73.3 cm³/mol. The van der Waals surface area contributed by atoms with Gasteiger partial charge >= 0.3 is 0 Å². The van der Waals surface area contributed by atoms with Crippen LogP contribution in [0.25, 0.3) is 0 Å². The van der Waals surface area contributed by atoms with E-state index in [2.05, 4.69) is 11.0 Å². The second kappa shape index (κ2) is 5.29. The zero-order valence-corrected chi connectivity index (χ0v) is 11.4. The maximum Gasteiger partial charge on any atom is 0.224 e. The lowest BCUT2D eigenvalue weighted by Crippen LogP contribution is -2.48. The number of nitrogens with two attached hydrogens (primary N) is 1. The van der Waals surface area contributed by atoms with Crippen molar-refractivity contribution >= 4 is 17.5 Å². The number of piperidine rings is 1. The predicted octanol–water partition coefficient (Wildman–Crippen LogP) is 2.43. The second-order valence-electron chi connectivity index (χ2n) is 5.37. The highest BCUT2D eigenvalue weighted by Crippen LogP contribution is 2.29. The molecule has 1 heterocycles. The summed E-state index contributed by atoms with van der Waals surface area (Å²) in [6.07, 6.45) is 1.90. The van der Waals surface area contributed by atoms with Gasteiger partial charge in [-0.1, -0.05) is 23.7 Å². The van der Waals surface area contributed by atoms with Gasteiger partial charge in [0.05, 0.1) is 5.41 Å². The van der Waals surface area contributed by atoms with Crippen LogP contribution in [0.15, 0.2) is 24.3 Å². The van der Waals surface area contributed by atoms with E-state index < -0.39 is 5.41 Å². The zero-order valence-electron chi connectivity index (χ0n) is 10.7. The van der Waals surface area contributed by atoms with E-state index in [-0.39, 0.29) is 5.91 Å². The van der Waals surface area contributed by atoms with Gasteiger partial charge in [-0.05, 0) is 44.0 Å². The first-order chi connectivity index (χ1) is 8.49. The molecule has 0 radical (unpaired) electrons. The summed E-state index contributed by atoms with van der Waals surface area (Å²) in [6, 6.07) is 7.85. The van der Waals surface area contributed by atoms with Gasteiger partial charge in [-0.2, -0.15) is 0 Å². The molecule has 1 aliphatic heterocycles. The van der Waals surface area contributed by atoms with Gasteiger partial charge in [0.15, 0.2) is 0 Å². The number of nitrogens with zero attached hydrogens (tertiary/aromatic N) is 1. The Bertz CT molecular complexity index is 449. The first-order valence-corrected chi connectivity index (χ1v) is 6.64. The Morgan fingerprint density at radius 3 is 3.00 bits per heavy atom. The van der Waals surface area contributed by atoms with E-state index in [0.29, 0.717) is 0 Å². The Morgan fingerprint density at radius 2 is 2.33 bits per heavy atom. The van der Waals surface area contributed by atoms with Crippen LogP contribution in [-0.4, -0.2) is 23.9 Å². The van der Waals surface area contributed by atoms with Crippen molar-refractivity contribution in [2.45, 2.75) is 26.3 Å². The molecule has 98 valence electrons. The maximum atomic E-state index is 11.5. The van der Waals surface area contributed by atoms with E-state index in [9.17, 15) is 4.79 Å². The molecule has 0 bridgehead atoms. The number of carbonyl (C=O) groups is 1. The molecule has 0 aliphatic carbocycles. The Morgan fingerprint density at radius 1 is 1.56 bits per heavy atom. The minimum Gasteiger partial charge on any atom is -0.369 e. The van der Waals surface area contributed by atoms with Gasteiger partial charge in [0.2, 0.25) is 5.91 Å². The molecule has 18 heavy (non-hydrogen) atoms. The minimum absolute atomic E-state index is 0.196. The lowest BCUT2D eigenvalue weighted by Gasteiger charge is -2.38. The highest BCUT2D eigenvalue weighted by Gasteiger charge is 2.35.